The fourth-order valence-corrected chi connectivity index (χ4v) is 2.91. The third-order valence-electron chi connectivity index (χ3n) is 3.55. The first-order valence-corrected chi connectivity index (χ1v) is 8.84. The van der Waals surface area contributed by atoms with Gasteiger partial charge in [0, 0.05) is 11.8 Å². The van der Waals surface area contributed by atoms with Crippen LogP contribution in [0.1, 0.15) is 34.5 Å². The van der Waals surface area contributed by atoms with Gasteiger partial charge in [-0.2, -0.15) is 0 Å². The molecule has 0 saturated heterocycles. The average molecular weight is 317 g/mol. The molecule has 2 rings (SSSR count). The van der Waals surface area contributed by atoms with Gasteiger partial charge in [-0.3, -0.25) is 4.79 Å². The van der Waals surface area contributed by atoms with Gasteiger partial charge < -0.3 is 5.32 Å². The zero-order chi connectivity index (χ0) is 16.3. The maximum atomic E-state index is 12.2. The van der Waals surface area contributed by atoms with Crippen molar-refractivity contribution in [2.75, 3.05) is 6.26 Å². The van der Waals surface area contributed by atoms with E-state index in [2.05, 4.69) is 5.32 Å². The highest BCUT2D eigenvalue weighted by atomic mass is 32.2. The van der Waals surface area contributed by atoms with Crippen molar-refractivity contribution in [3.05, 3.63) is 65.2 Å². The normalized spacial score (nSPS) is 12.7. The molecule has 0 radical (unpaired) electrons. The molecule has 0 aliphatic carbocycles. The molecule has 2 aromatic carbocycles. The Hall–Kier alpha value is -2.14. The lowest BCUT2D eigenvalue weighted by Gasteiger charge is -2.16. The molecule has 0 saturated carbocycles. The maximum Gasteiger partial charge on any atom is 0.251 e. The zero-order valence-corrected chi connectivity index (χ0v) is 13.6. The minimum Gasteiger partial charge on any atom is -0.346 e. The number of rotatable bonds is 4. The molecule has 5 heteroatoms. The zero-order valence-electron chi connectivity index (χ0n) is 12.8. The van der Waals surface area contributed by atoms with Crippen LogP contribution in [0, 0.1) is 6.92 Å². The van der Waals surface area contributed by atoms with E-state index >= 15 is 0 Å². The van der Waals surface area contributed by atoms with E-state index in [4.69, 9.17) is 0 Å². The number of aryl methyl sites for hydroxylation is 1. The van der Waals surface area contributed by atoms with Gasteiger partial charge in [-0.25, -0.2) is 8.42 Å². The quantitative estimate of drug-likeness (QED) is 0.943. The summed E-state index contributed by atoms with van der Waals surface area (Å²) >= 11 is 0. The smallest absolute Gasteiger partial charge is 0.251 e. The molecule has 0 fully saturated rings. The molecule has 0 bridgehead atoms. The van der Waals surface area contributed by atoms with Crippen molar-refractivity contribution in [3.63, 3.8) is 0 Å². The molecule has 4 nitrogen and oxygen atoms in total. The SMILES string of the molecule is Cc1ccccc1C(C)NC(=O)c1ccc(S(C)(=O)=O)cc1. The van der Waals surface area contributed by atoms with Crippen LogP contribution in [-0.2, 0) is 9.84 Å². The van der Waals surface area contributed by atoms with E-state index < -0.39 is 9.84 Å². The summed E-state index contributed by atoms with van der Waals surface area (Å²) in [6.07, 6.45) is 1.14. The van der Waals surface area contributed by atoms with Gasteiger partial charge in [0.15, 0.2) is 9.84 Å². The number of hydrogen-bond acceptors (Lipinski definition) is 3. The minimum atomic E-state index is -3.25. The van der Waals surface area contributed by atoms with Crippen molar-refractivity contribution in [2.24, 2.45) is 0 Å². The summed E-state index contributed by atoms with van der Waals surface area (Å²) in [5, 5.41) is 2.92. The second-order valence-corrected chi connectivity index (χ2v) is 7.36. The van der Waals surface area contributed by atoms with Gasteiger partial charge in [0.1, 0.15) is 0 Å². The van der Waals surface area contributed by atoms with E-state index in [1.807, 2.05) is 38.1 Å². The van der Waals surface area contributed by atoms with Crippen molar-refractivity contribution in [3.8, 4) is 0 Å². The van der Waals surface area contributed by atoms with E-state index in [-0.39, 0.29) is 16.8 Å². The summed E-state index contributed by atoms with van der Waals surface area (Å²) in [6.45, 7) is 3.92. The van der Waals surface area contributed by atoms with Crippen LogP contribution < -0.4 is 5.32 Å². The van der Waals surface area contributed by atoms with E-state index in [1.54, 1.807) is 0 Å². The molecule has 0 aliphatic rings. The van der Waals surface area contributed by atoms with Gasteiger partial charge in [0.25, 0.3) is 5.91 Å². The summed E-state index contributed by atoms with van der Waals surface area (Å²) in [5.41, 5.74) is 2.61. The second kappa shape index (κ2) is 6.32. The number of carbonyl (C=O) groups is 1. The van der Waals surface area contributed by atoms with Crippen LogP contribution in [0.25, 0.3) is 0 Å². The predicted octanol–water partition coefficient (Wildman–Crippen LogP) is 2.89. The number of carbonyl (C=O) groups excluding carboxylic acids is 1. The van der Waals surface area contributed by atoms with Gasteiger partial charge in [0.2, 0.25) is 0 Å². The Balaban J connectivity index is 2.14. The Labute approximate surface area is 131 Å². The monoisotopic (exact) mass is 317 g/mol. The van der Waals surface area contributed by atoms with Crippen molar-refractivity contribution in [1.82, 2.24) is 5.32 Å². The molecule has 2 aromatic rings. The van der Waals surface area contributed by atoms with E-state index in [0.717, 1.165) is 17.4 Å². The van der Waals surface area contributed by atoms with Gasteiger partial charge in [-0.05, 0) is 49.2 Å². The first-order valence-electron chi connectivity index (χ1n) is 6.95. The lowest BCUT2D eigenvalue weighted by Crippen LogP contribution is -2.27. The summed E-state index contributed by atoms with van der Waals surface area (Å²) in [6, 6.07) is 13.7. The molecular weight excluding hydrogens is 298 g/mol. The van der Waals surface area contributed by atoms with Crippen LogP contribution in [0.4, 0.5) is 0 Å². The predicted molar refractivity (Wildman–Crippen MR) is 86.6 cm³/mol. The van der Waals surface area contributed by atoms with Gasteiger partial charge in [-0.1, -0.05) is 24.3 Å². The highest BCUT2D eigenvalue weighted by molar-refractivity contribution is 7.90. The first-order chi connectivity index (χ1) is 10.3. The van der Waals surface area contributed by atoms with E-state index in [0.29, 0.717) is 5.56 Å². The lowest BCUT2D eigenvalue weighted by atomic mass is 10.0. The molecule has 0 aliphatic heterocycles. The third kappa shape index (κ3) is 3.74. The Kier molecular flexibility index (Phi) is 4.66. The highest BCUT2D eigenvalue weighted by Gasteiger charge is 2.14. The molecule has 0 heterocycles. The Bertz CT molecular complexity index is 780. The average Bonchev–Trinajstić information content (AvgIpc) is 2.46. The molecule has 116 valence electrons. The van der Waals surface area contributed by atoms with Crippen LogP contribution in [0.3, 0.4) is 0 Å². The number of benzene rings is 2. The summed E-state index contributed by atoms with van der Waals surface area (Å²) in [4.78, 5) is 12.4. The summed E-state index contributed by atoms with van der Waals surface area (Å²) < 4.78 is 22.8. The molecule has 1 amide bonds. The standard InChI is InChI=1S/C17H19NO3S/c1-12-6-4-5-7-16(12)13(2)18-17(19)14-8-10-15(11-9-14)22(3,20)21/h4-11,13H,1-3H3,(H,18,19). The Morgan fingerprint density at radius 2 is 1.64 bits per heavy atom. The largest absolute Gasteiger partial charge is 0.346 e. The Morgan fingerprint density at radius 3 is 2.18 bits per heavy atom. The van der Waals surface area contributed by atoms with Crippen molar-refractivity contribution >= 4 is 15.7 Å². The van der Waals surface area contributed by atoms with Crippen LogP contribution in [-0.4, -0.2) is 20.6 Å². The number of nitrogens with one attached hydrogen (secondary N) is 1. The van der Waals surface area contributed by atoms with Gasteiger partial charge in [-0.15, -0.1) is 0 Å². The lowest BCUT2D eigenvalue weighted by molar-refractivity contribution is 0.0939. The number of sulfone groups is 1. The number of amides is 1. The molecule has 1 unspecified atom stereocenters. The first kappa shape index (κ1) is 16.2. The molecule has 1 N–H and O–H groups in total. The highest BCUT2D eigenvalue weighted by Crippen LogP contribution is 2.17. The van der Waals surface area contributed by atoms with Crippen LogP contribution in [0.15, 0.2) is 53.4 Å². The van der Waals surface area contributed by atoms with Crippen LogP contribution in [0.2, 0.25) is 0 Å². The van der Waals surface area contributed by atoms with Gasteiger partial charge >= 0.3 is 0 Å². The van der Waals surface area contributed by atoms with Crippen LogP contribution >= 0.6 is 0 Å². The maximum absolute atomic E-state index is 12.2. The van der Waals surface area contributed by atoms with E-state index in [1.165, 1.54) is 24.3 Å². The fraction of sp³-hybridized carbons (Fsp3) is 0.235. The fourth-order valence-electron chi connectivity index (χ4n) is 2.28. The van der Waals surface area contributed by atoms with Gasteiger partial charge in [0.05, 0.1) is 10.9 Å². The molecule has 1 atom stereocenters. The Morgan fingerprint density at radius 1 is 1.05 bits per heavy atom. The number of hydrogen-bond donors (Lipinski definition) is 1. The third-order valence-corrected chi connectivity index (χ3v) is 4.68. The van der Waals surface area contributed by atoms with Crippen LogP contribution in [0.5, 0.6) is 0 Å². The summed E-state index contributed by atoms with van der Waals surface area (Å²) in [5.74, 6) is -0.226. The van der Waals surface area contributed by atoms with Crippen molar-refractivity contribution < 1.29 is 13.2 Å². The van der Waals surface area contributed by atoms with E-state index in [9.17, 15) is 13.2 Å². The minimum absolute atomic E-state index is 0.122. The topological polar surface area (TPSA) is 63.2 Å². The molecule has 0 aromatic heterocycles. The molecular formula is C17H19NO3S. The summed E-state index contributed by atoms with van der Waals surface area (Å²) in [7, 11) is -3.25. The van der Waals surface area contributed by atoms with Crippen molar-refractivity contribution in [2.45, 2.75) is 24.8 Å². The van der Waals surface area contributed by atoms with Crippen molar-refractivity contribution in [1.29, 1.82) is 0 Å². The second-order valence-electron chi connectivity index (χ2n) is 5.35. The molecule has 0 spiro atoms. The molecule has 22 heavy (non-hydrogen) atoms.